The van der Waals surface area contributed by atoms with Gasteiger partial charge in [-0.2, -0.15) is 0 Å². The summed E-state index contributed by atoms with van der Waals surface area (Å²) in [6, 6.07) is 1.06. The minimum Gasteiger partial charge on any atom is -0.382 e. The zero-order valence-electron chi connectivity index (χ0n) is 8.47. The zero-order valence-corrected chi connectivity index (χ0v) is 8.47. The van der Waals surface area contributed by atoms with Crippen molar-refractivity contribution in [1.82, 2.24) is 9.78 Å². The molecule has 0 aliphatic rings. The molecule has 1 heterocycles. The van der Waals surface area contributed by atoms with Crippen LogP contribution in [0.15, 0.2) is 12.3 Å². The first-order valence-corrected chi connectivity index (χ1v) is 4.67. The first kappa shape index (κ1) is 10.7. The molecule has 14 heavy (non-hydrogen) atoms. The molecule has 0 aromatic carbocycles. The van der Waals surface area contributed by atoms with E-state index in [4.69, 9.17) is 11.5 Å². The highest BCUT2D eigenvalue weighted by Crippen LogP contribution is 2.08. The van der Waals surface area contributed by atoms with Crippen LogP contribution in [0.1, 0.15) is 25.1 Å². The summed E-state index contributed by atoms with van der Waals surface area (Å²) in [5.74, 6) is 0.263. The van der Waals surface area contributed by atoms with E-state index in [1.54, 1.807) is 6.07 Å². The van der Waals surface area contributed by atoms with E-state index in [0.29, 0.717) is 5.82 Å². The number of nitrogens with two attached hydrogens (primary N) is 2. The number of carbonyl (C=O) groups excluding carboxylic acids is 1. The summed E-state index contributed by atoms with van der Waals surface area (Å²) in [5, 5.41) is 3.81. The van der Waals surface area contributed by atoms with Crippen molar-refractivity contribution in [2.45, 2.75) is 26.3 Å². The lowest BCUT2D eigenvalue weighted by Gasteiger charge is -2.16. The van der Waals surface area contributed by atoms with Gasteiger partial charge in [0.2, 0.25) is 0 Å². The van der Waals surface area contributed by atoms with Crippen LogP contribution in [0.25, 0.3) is 0 Å². The Morgan fingerprint density at radius 1 is 1.71 bits per heavy atom. The van der Waals surface area contributed by atoms with Gasteiger partial charge in [-0.1, -0.05) is 20.3 Å². The standard InChI is InChI=1S/C9H16N4O/c1-3-6(2)8(11)9(14)13-5-4-7(10)12-13/h4-6,8H,3,11H2,1-2H3,(H2,10,12)/t6-,8-/m0/s1. The first-order valence-electron chi connectivity index (χ1n) is 4.67. The quantitative estimate of drug-likeness (QED) is 0.736. The maximum atomic E-state index is 11.7. The molecule has 1 rings (SSSR count). The van der Waals surface area contributed by atoms with Crippen LogP contribution in [0.5, 0.6) is 0 Å². The van der Waals surface area contributed by atoms with Crippen LogP contribution in [0.4, 0.5) is 5.82 Å². The summed E-state index contributed by atoms with van der Waals surface area (Å²) in [4.78, 5) is 11.7. The molecule has 0 radical (unpaired) electrons. The van der Waals surface area contributed by atoms with Crippen LogP contribution in [0.3, 0.4) is 0 Å². The Morgan fingerprint density at radius 3 is 2.79 bits per heavy atom. The van der Waals surface area contributed by atoms with Crippen molar-refractivity contribution in [3.8, 4) is 0 Å². The number of nitrogen functional groups attached to an aromatic ring is 1. The van der Waals surface area contributed by atoms with Gasteiger partial charge in [0.05, 0.1) is 6.04 Å². The number of nitrogens with zero attached hydrogens (tertiary/aromatic N) is 2. The van der Waals surface area contributed by atoms with Crippen LogP contribution < -0.4 is 11.5 Å². The fourth-order valence-electron chi connectivity index (χ4n) is 1.11. The minimum atomic E-state index is -0.515. The minimum absolute atomic E-state index is 0.146. The van der Waals surface area contributed by atoms with E-state index in [1.807, 2.05) is 13.8 Å². The molecule has 4 N–H and O–H groups in total. The molecule has 0 fully saturated rings. The Balaban J connectivity index is 2.75. The number of aromatic nitrogens is 2. The second-order valence-corrected chi connectivity index (χ2v) is 3.43. The third kappa shape index (κ3) is 2.11. The summed E-state index contributed by atoms with van der Waals surface area (Å²) in [6.07, 6.45) is 2.39. The van der Waals surface area contributed by atoms with Crippen LogP contribution in [0.2, 0.25) is 0 Å². The Labute approximate surface area is 83.1 Å². The topological polar surface area (TPSA) is 86.9 Å². The molecular weight excluding hydrogens is 180 g/mol. The highest BCUT2D eigenvalue weighted by atomic mass is 16.2. The number of hydrogen-bond acceptors (Lipinski definition) is 4. The van der Waals surface area contributed by atoms with Gasteiger partial charge in [0.1, 0.15) is 5.82 Å². The van der Waals surface area contributed by atoms with Gasteiger partial charge in [0, 0.05) is 12.3 Å². The Kier molecular flexibility index (Phi) is 3.24. The lowest BCUT2D eigenvalue weighted by molar-refractivity contribution is 0.0835. The van der Waals surface area contributed by atoms with Crippen molar-refractivity contribution in [2.24, 2.45) is 11.7 Å². The third-order valence-corrected chi connectivity index (χ3v) is 2.38. The van der Waals surface area contributed by atoms with E-state index in [9.17, 15) is 4.79 Å². The van der Waals surface area contributed by atoms with Crippen LogP contribution >= 0.6 is 0 Å². The van der Waals surface area contributed by atoms with E-state index in [-0.39, 0.29) is 11.8 Å². The summed E-state index contributed by atoms with van der Waals surface area (Å²) in [6.45, 7) is 3.94. The highest BCUT2D eigenvalue weighted by Gasteiger charge is 2.21. The van der Waals surface area contributed by atoms with Crippen LogP contribution in [-0.2, 0) is 0 Å². The molecule has 0 bridgehead atoms. The summed E-state index contributed by atoms with van der Waals surface area (Å²) >= 11 is 0. The van der Waals surface area contributed by atoms with Gasteiger partial charge < -0.3 is 11.5 Å². The molecule has 0 unspecified atom stereocenters. The molecule has 1 aromatic heterocycles. The smallest absolute Gasteiger partial charge is 0.264 e. The highest BCUT2D eigenvalue weighted by molar-refractivity contribution is 5.83. The van der Waals surface area contributed by atoms with Crippen LogP contribution in [0, 0.1) is 5.92 Å². The Bertz CT molecular complexity index is 320. The molecule has 0 amide bonds. The van der Waals surface area contributed by atoms with E-state index >= 15 is 0 Å². The lowest BCUT2D eigenvalue weighted by Crippen LogP contribution is -2.40. The van der Waals surface area contributed by atoms with Gasteiger partial charge in [-0.3, -0.25) is 4.79 Å². The van der Waals surface area contributed by atoms with Gasteiger partial charge in [0.15, 0.2) is 0 Å². The Hall–Kier alpha value is -1.36. The normalized spacial score (nSPS) is 15.1. The number of anilines is 1. The van der Waals surface area contributed by atoms with Crippen molar-refractivity contribution in [2.75, 3.05) is 5.73 Å². The van der Waals surface area contributed by atoms with E-state index in [1.165, 1.54) is 10.9 Å². The van der Waals surface area contributed by atoms with Gasteiger partial charge >= 0.3 is 0 Å². The van der Waals surface area contributed by atoms with Crippen molar-refractivity contribution in [3.05, 3.63) is 12.3 Å². The molecule has 5 heteroatoms. The maximum Gasteiger partial charge on any atom is 0.264 e. The summed E-state index contributed by atoms with van der Waals surface area (Å²) in [7, 11) is 0. The molecule has 0 aliphatic carbocycles. The maximum absolute atomic E-state index is 11.7. The molecular formula is C9H16N4O. The molecule has 0 saturated heterocycles. The third-order valence-electron chi connectivity index (χ3n) is 2.38. The number of hydrogen-bond donors (Lipinski definition) is 2. The molecule has 78 valence electrons. The average molecular weight is 196 g/mol. The van der Waals surface area contributed by atoms with E-state index in [0.717, 1.165) is 6.42 Å². The van der Waals surface area contributed by atoms with Gasteiger partial charge in [-0.25, -0.2) is 4.68 Å². The van der Waals surface area contributed by atoms with Gasteiger partial charge in [-0.15, -0.1) is 5.10 Å². The van der Waals surface area contributed by atoms with E-state index in [2.05, 4.69) is 5.10 Å². The molecule has 2 atom stereocenters. The second kappa shape index (κ2) is 4.23. The second-order valence-electron chi connectivity index (χ2n) is 3.43. The van der Waals surface area contributed by atoms with Gasteiger partial charge in [0.25, 0.3) is 5.91 Å². The summed E-state index contributed by atoms with van der Waals surface area (Å²) in [5.41, 5.74) is 11.2. The van der Waals surface area contributed by atoms with Crippen LogP contribution in [-0.4, -0.2) is 21.7 Å². The molecule has 5 nitrogen and oxygen atoms in total. The zero-order chi connectivity index (χ0) is 10.7. The van der Waals surface area contributed by atoms with E-state index < -0.39 is 6.04 Å². The number of rotatable bonds is 3. The average Bonchev–Trinajstić information content (AvgIpc) is 2.61. The van der Waals surface area contributed by atoms with Crippen molar-refractivity contribution >= 4 is 11.7 Å². The monoisotopic (exact) mass is 196 g/mol. The van der Waals surface area contributed by atoms with Crippen molar-refractivity contribution < 1.29 is 4.79 Å². The fourth-order valence-corrected chi connectivity index (χ4v) is 1.11. The fraction of sp³-hybridized carbons (Fsp3) is 0.556. The molecule has 1 aromatic rings. The molecule has 0 aliphatic heterocycles. The Morgan fingerprint density at radius 2 is 2.36 bits per heavy atom. The SMILES string of the molecule is CC[C@H](C)[C@H](N)C(=O)n1ccc(N)n1. The summed E-state index contributed by atoms with van der Waals surface area (Å²) < 4.78 is 1.20. The van der Waals surface area contributed by atoms with Crippen molar-refractivity contribution in [3.63, 3.8) is 0 Å². The van der Waals surface area contributed by atoms with Crippen molar-refractivity contribution in [1.29, 1.82) is 0 Å². The molecule has 0 saturated carbocycles. The lowest BCUT2D eigenvalue weighted by atomic mass is 10.00. The molecule has 0 spiro atoms. The largest absolute Gasteiger partial charge is 0.382 e. The number of carbonyl (C=O) groups is 1. The predicted molar refractivity (Wildman–Crippen MR) is 54.7 cm³/mol. The van der Waals surface area contributed by atoms with Gasteiger partial charge in [-0.05, 0) is 5.92 Å². The first-order chi connectivity index (χ1) is 6.56. The predicted octanol–water partition coefficient (Wildman–Crippen LogP) is 0.479.